The van der Waals surface area contributed by atoms with E-state index in [4.69, 9.17) is 4.52 Å². The van der Waals surface area contributed by atoms with Gasteiger partial charge >= 0.3 is 0 Å². The molecule has 2 N–H and O–H groups in total. The standard InChI is InChI=1S/C14H22N4O2/c1-9-16-13(20-18-9)6-7-15-14(19)12-8-10-4-2-3-5-11(10)17-12/h10-12,17H,2-8H2,1H3,(H,15,19). The molecule has 1 aromatic heterocycles. The highest BCUT2D eigenvalue weighted by Gasteiger charge is 2.37. The number of hydrogen-bond acceptors (Lipinski definition) is 5. The number of aromatic nitrogens is 2. The molecule has 0 aromatic carbocycles. The number of nitrogens with one attached hydrogen (secondary N) is 2. The first-order valence-electron chi connectivity index (χ1n) is 7.55. The van der Waals surface area contributed by atoms with Gasteiger partial charge in [-0.15, -0.1) is 0 Å². The summed E-state index contributed by atoms with van der Waals surface area (Å²) >= 11 is 0. The van der Waals surface area contributed by atoms with Crippen molar-refractivity contribution in [1.29, 1.82) is 0 Å². The molecule has 20 heavy (non-hydrogen) atoms. The van der Waals surface area contributed by atoms with Crippen molar-refractivity contribution in [2.75, 3.05) is 6.54 Å². The Hall–Kier alpha value is -1.43. The van der Waals surface area contributed by atoms with Crippen molar-refractivity contribution in [3.05, 3.63) is 11.7 Å². The highest BCUT2D eigenvalue weighted by Crippen LogP contribution is 2.33. The summed E-state index contributed by atoms with van der Waals surface area (Å²) in [6.45, 7) is 2.34. The van der Waals surface area contributed by atoms with E-state index >= 15 is 0 Å². The van der Waals surface area contributed by atoms with Gasteiger partial charge in [-0.25, -0.2) is 0 Å². The van der Waals surface area contributed by atoms with Crippen LogP contribution in [0.2, 0.25) is 0 Å². The van der Waals surface area contributed by atoms with Gasteiger partial charge in [-0.2, -0.15) is 4.98 Å². The Morgan fingerprint density at radius 2 is 2.30 bits per heavy atom. The molecular formula is C14H22N4O2. The number of amides is 1. The molecule has 1 saturated heterocycles. The van der Waals surface area contributed by atoms with Crippen molar-refractivity contribution in [2.45, 2.75) is 57.5 Å². The minimum absolute atomic E-state index is 0.0208. The predicted molar refractivity (Wildman–Crippen MR) is 73.0 cm³/mol. The van der Waals surface area contributed by atoms with E-state index in [1.54, 1.807) is 6.92 Å². The fraction of sp³-hybridized carbons (Fsp3) is 0.786. The van der Waals surface area contributed by atoms with Crippen molar-refractivity contribution in [3.63, 3.8) is 0 Å². The normalized spacial score (nSPS) is 29.1. The first kappa shape index (κ1) is 13.5. The van der Waals surface area contributed by atoms with Gasteiger partial charge in [0.05, 0.1) is 6.04 Å². The van der Waals surface area contributed by atoms with Crippen molar-refractivity contribution in [3.8, 4) is 0 Å². The molecule has 2 aliphatic rings. The van der Waals surface area contributed by atoms with Crippen LogP contribution in [-0.2, 0) is 11.2 Å². The molecule has 1 saturated carbocycles. The lowest BCUT2D eigenvalue weighted by Gasteiger charge is -2.24. The van der Waals surface area contributed by atoms with Crippen LogP contribution in [0.1, 0.15) is 43.8 Å². The maximum absolute atomic E-state index is 12.1. The van der Waals surface area contributed by atoms with Crippen LogP contribution in [0.4, 0.5) is 0 Å². The number of rotatable bonds is 4. The van der Waals surface area contributed by atoms with Crippen LogP contribution in [0.25, 0.3) is 0 Å². The molecule has 1 aliphatic carbocycles. The van der Waals surface area contributed by atoms with E-state index in [9.17, 15) is 4.79 Å². The van der Waals surface area contributed by atoms with E-state index in [-0.39, 0.29) is 11.9 Å². The van der Waals surface area contributed by atoms with Crippen LogP contribution < -0.4 is 10.6 Å². The zero-order chi connectivity index (χ0) is 13.9. The SMILES string of the molecule is Cc1noc(CCNC(=O)C2CC3CCCCC3N2)n1. The van der Waals surface area contributed by atoms with Gasteiger partial charge < -0.3 is 15.2 Å². The van der Waals surface area contributed by atoms with Gasteiger partial charge in [-0.1, -0.05) is 18.0 Å². The fourth-order valence-corrected chi connectivity index (χ4v) is 3.38. The van der Waals surface area contributed by atoms with Gasteiger partial charge in [0.15, 0.2) is 5.82 Å². The summed E-state index contributed by atoms with van der Waals surface area (Å²) in [7, 11) is 0. The molecule has 3 atom stereocenters. The zero-order valence-electron chi connectivity index (χ0n) is 11.9. The topological polar surface area (TPSA) is 80.0 Å². The lowest BCUT2D eigenvalue weighted by Crippen LogP contribution is -2.43. The number of fused-ring (bicyclic) bond motifs is 1. The van der Waals surface area contributed by atoms with Crippen LogP contribution >= 0.6 is 0 Å². The first-order chi connectivity index (χ1) is 9.72. The Labute approximate surface area is 118 Å². The van der Waals surface area contributed by atoms with E-state index in [1.165, 1.54) is 25.7 Å². The Kier molecular flexibility index (Phi) is 4.00. The third kappa shape index (κ3) is 3.00. The van der Waals surface area contributed by atoms with E-state index in [2.05, 4.69) is 20.8 Å². The summed E-state index contributed by atoms with van der Waals surface area (Å²) in [6.07, 6.45) is 6.66. The van der Waals surface area contributed by atoms with Crippen molar-refractivity contribution >= 4 is 5.91 Å². The molecule has 1 aromatic rings. The van der Waals surface area contributed by atoms with Crippen LogP contribution in [0.5, 0.6) is 0 Å². The van der Waals surface area contributed by atoms with Crippen molar-refractivity contribution in [1.82, 2.24) is 20.8 Å². The predicted octanol–water partition coefficient (Wildman–Crippen LogP) is 0.957. The monoisotopic (exact) mass is 278 g/mol. The van der Waals surface area contributed by atoms with E-state index < -0.39 is 0 Å². The van der Waals surface area contributed by atoms with Gasteiger partial charge in [-0.05, 0) is 32.1 Å². The van der Waals surface area contributed by atoms with E-state index in [1.807, 2.05) is 0 Å². The Balaban J connectivity index is 1.43. The van der Waals surface area contributed by atoms with Crippen molar-refractivity contribution in [2.24, 2.45) is 5.92 Å². The second-order valence-corrected chi connectivity index (χ2v) is 5.88. The number of aryl methyl sites for hydroxylation is 1. The molecule has 1 amide bonds. The average Bonchev–Trinajstić information content (AvgIpc) is 3.04. The summed E-state index contributed by atoms with van der Waals surface area (Å²) in [5, 5.41) is 10.2. The molecule has 6 heteroatoms. The lowest BCUT2D eigenvalue weighted by molar-refractivity contribution is -0.122. The second kappa shape index (κ2) is 5.91. The van der Waals surface area contributed by atoms with Crippen LogP contribution in [0.3, 0.4) is 0 Å². The van der Waals surface area contributed by atoms with Crippen molar-refractivity contribution < 1.29 is 9.32 Å². The molecule has 3 rings (SSSR count). The molecule has 0 bridgehead atoms. The summed E-state index contributed by atoms with van der Waals surface area (Å²) in [5.74, 6) is 2.01. The number of hydrogen-bond donors (Lipinski definition) is 2. The lowest BCUT2D eigenvalue weighted by atomic mass is 9.85. The molecule has 1 aliphatic heterocycles. The largest absolute Gasteiger partial charge is 0.354 e. The van der Waals surface area contributed by atoms with Gasteiger partial charge in [-0.3, -0.25) is 4.79 Å². The summed E-state index contributed by atoms with van der Waals surface area (Å²) < 4.78 is 5.02. The summed E-state index contributed by atoms with van der Waals surface area (Å²) in [5.41, 5.74) is 0. The van der Waals surface area contributed by atoms with E-state index in [0.717, 1.165) is 6.42 Å². The molecule has 0 radical (unpaired) electrons. The van der Waals surface area contributed by atoms with Crippen LogP contribution in [-0.4, -0.2) is 34.7 Å². The molecule has 6 nitrogen and oxygen atoms in total. The minimum atomic E-state index is -0.0208. The zero-order valence-corrected chi connectivity index (χ0v) is 11.9. The summed E-state index contributed by atoms with van der Waals surface area (Å²) in [6, 6.07) is 0.533. The molecule has 2 heterocycles. The summed E-state index contributed by atoms with van der Waals surface area (Å²) in [4.78, 5) is 16.3. The van der Waals surface area contributed by atoms with Crippen LogP contribution in [0.15, 0.2) is 4.52 Å². The molecule has 110 valence electrons. The molecule has 0 spiro atoms. The van der Waals surface area contributed by atoms with Gasteiger partial charge in [0.2, 0.25) is 11.8 Å². The third-order valence-corrected chi connectivity index (χ3v) is 4.39. The maximum atomic E-state index is 12.1. The number of nitrogens with zero attached hydrogens (tertiary/aromatic N) is 2. The molecule has 3 unspecified atom stereocenters. The average molecular weight is 278 g/mol. The first-order valence-corrected chi connectivity index (χ1v) is 7.55. The Bertz CT molecular complexity index is 459. The minimum Gasteiger partial charge on any atom is -0.354 e. The van der Waals surface area contributed by atoms with E-state index in [0.29, 0.717) is 36.6 Å². The third-order valence-electron chi connectivity index (χ3n) is 4.39. The van der Waals surface area contributed by atoms with Gasteiger partial charge in [0.1, 0.15) is 0 Å². The highest BCUT2D eigenvalue weighted by atomic mass is 16.5. The maximum Gasteiger partial charge on any atom is 0.237 e. The van der Waals surface area contributed by atoms with Gasteiger partial charge in [0, 0.05) is 19.0 Å². The fourth-order valence-electron chi connectivity index (χ4n) is 3.38. The quantitative estimate of drug-likeness (QED) is 0.857. The number of carbonyl (C=O) groups excluding carboxylic acids is 1. The Morgan fingerprint density at radius 1 is 1.45 bits per heavy atom. The highest BCUT2D eigenvalue weighted by molar-refractivity contribution is 5.82. The number of carbonyl (C=O) groups is 1. The molecule has 2 fully saturated rings. The Morgan fingerprint density at radius 3 is 3.05 bits per heavy atom. The van der Waals surface area contributed by atoms with Gasteiger partial charge in [0.25, 0.3) is 0 Å². The molecular weight excluding hydrogens is 256 g/mol. The smallest absolute Gasteiger partial charge is 0.237 e. The second-order valence-electron chi connectivity index (χ2n) is 5.88. The van der Waals surface area contributed by atoms with Crippen LogP contribution in [0, 0.1) is 12.8 Å².